The Bertz CT molecular complexity index is 465. The summed E-state index contributed by atoms with van der Waals surface area (Å²) in [6.45, 7) is 14.6. The molecule has 0 radical (unpaired) electrons. The van der Waals surface area contributed by atoms with Crippen LogP contribution in [0.2, 0.25) is 0 Å². The molecule has 1 heterocycles. The SMILES string of the molecule is CC(C)Cn1c(C2C(C)(C)C2(C)C)n[nH]c1=S. The van der Waals surface area contributed by atoms with Crippen molar-refractivity contribution in [3.63, 3.8) is 0 Å². The van der Waals surface area contributed by atoms with Gasteiger partial charge in [-0.3, -0.25) is 5.10 Å². The molecule has 0 aromatic carbocycles. The van der Waals surface area contributed by atoms with Crippen molar-refractivity contribution in [3.05, 3.63) is 10.6 Å². The highest BCUT2D eigenvalue weighted by Crippen LogP contribution is 2.73. The monoisotopic (exact) mass is 253 g/mol. The third kappa shape index (κ3) is 1.77. The Hall–Kier alpha value is -0.640. The Balaban J connectivity index is 2.39. The largest absolute Gasteiger partial charge is 0.304 e. The lowest BCUT2D eigenvalue weighted by Crippen LogP contribution is -2.09. The fraction of sp³-hybridized carbons (Fsp3) is 0.846. The van der Waals surface area contributed by atoms with E-state index in [2.05, 4.69) is 56.3 Å². The summed E-state index contributed by atoms with van der Waals surface area (Å²) in [5.41, 5.74) is 0.616. The molecule has 1 N–H and O–H groups in total. The highest BCUT2D eigenvalue weighted by atomic mass is 32.1. The van der Waals surface area contributed by atoms with Gasteiger partial charge in [-0.15, -0.1) is 0 Å². The fourth-order valence-electron chi connectivity index (χ4n) is 2.93. The van der Waals surface area contributed by atoms with Gasteiger partial charge in [0.1, 0.15) is 5.82 Å². The Labute approximate surface area is 109 Å². The van der Waals surface area contributed by atoms with E-state index in [0.717, 1.165) is 17.1 Å². The lowest BCUT2D eigenvalue weighted by molar-refractivity contribution is 0.457. The molecule has 0 saturated heterocycles. The summed E-state index contributed by atoms with van der Waals surface area (Å²) in [5, 5.41) is 7.42. The first kappa shape index (κ1) is 12.8. The summed E-state index contributed by atoms with van der Waals surface area (Å²) < 4.78 is 2.94. The molecule has 2 rings (SSSR count). The molecule has 0 bridgehead atoms. The Morgan fingerprint density at radius 3 is 2.24 bits per heavy atom. The molecule has 1 aliphatic rings. The number of nitrogens with zero attached hydrogens (tertiary/aromatic N) is 2. The van der Waals surface area contributed by atoms with Crippen LogP contribution in [-0.2, 0) is 6.54 Å². The Morgan fingerprint density at radius 2 is 1.82 bits per heavy atom. The van der Waals surface area contributed by atoms with Crippen LogP contribution in [-0.4, -0.2) is 14.8 Å². The van der Waals surface area contributed by atoms with Crippen LogP contribution < -0.4 is 0 Å². The van der Waals surface area contributed by atoms with Crippen molar-refractivity contribution in [3.8, 4) is 0 Å². The van der Waals surface area contributed by atoms with Crippen LogP contribution in [0.5, 0.6) is 0 Å². The van der Waals surface area contributed by atoms with Crippen molar-refractivity contribution < 1.29 is 0 Å². The predicted molar refractivity (Wildman–Crippen MR) is 72.6 cm³/mol. The van der Waals surface area contributed by atoms with Gasteiger partial charge >= 0.3 is 0 Å². The van der Waals surface area contributed by atoms with E-state index in [1.54, 1.807) is 0 Å². The maximum Gasteiger partial charge on any atom is 0.195 e. The second-order valence-corrected chi connectivity index (χ2v) is 7.15. The summed E-state index contributed by atoms with van der Waals surface area (Å²) in [5.74, 6) is 2.23. The van der Waals surface area contributed by atoms with E-state index < -0.39 is 0 Å². The van der Waals surface area contributed by atoms with E-state index >= 15 is 0 Å². The molecule has 1 fully saturated rings. The number of rotatable bonds is 3. The average Bonchev–Trinajstić information content (AvgIpc) is 2.46. The molecule has 4 heteroatoms. The number of hydrogen-bond acceptors (Lipinski definition) is 2. The van der Waals surface area contributed by atoms with Crippen LogP contribution in [0, 0.1) is 21.5 Å². The molecule has 0 unspecified atom stereocenters. The normalized spacial score (nSPS) is 22.1. The van der Waals surface area contributed by atoms with E-state index in [1.165, 1.54) is 0 Å². The van der Waals surface area contributed by atoms with Gasteiger partial charge in [-0.2, -0.15) is 5.10 Å². The van der Waals surface area contributed by atoms with Crippen molar-refractivity contribution in [1.82, 2.24) is 14.8 Å². The van der Waals surface area contributed by atoms with Gasteiger partial charge in [-0.1, -0.05) is 41.5 Å². The summed E-state index contributed by atoms with van der Waals surface area (Å²) in [6.07, 6.45) is 0. The first-order valence-corrected chi connectivity index (χ1v) is 6.75. The summed E-state index contributed by atoms with van der Waals surface area (Å²) in [4.78, 5) is 0. The lowest BCUT2D eigenvalue weighted by Gasteiger charge is -2.10. The van der Waals surface area contributed by atoms with E-state index in [-0.39, 0.29) is 0 Å². The zero-order valence-electron chi connectivity index (χ0n) is 11.7. The van der Waals surface area contributed by atoms with Gasteiger partial charge < -0.3 is 4.57 Å². The summed E-state index contributed by atoms with van der Waals surface area (Å²) >= 11 is 5.33. The maximum atomic E-state index is 5.33. The molecule has 1 aromatic rings. The van der Waals surface area contributed by atoms with E-state index in [1.807, 2.05) is 0 Å². The van der Waals surface area contributed by atoms with Gasteiger partial charge in [0, 0.05) is 12.5 Å². The van der Waals surface area contributed by atoms with E-state index in [4.69, 9.17) is 12.2 Å². The van der Waals surface area contributed by atoms with Gasteiger partial charge in [-0.25, -0.2) is 0 Å². The molecule has 0 spiro atoms. The smallest absolute Gasteiger partial charge is 0.195 e. The second-order valence-electron chi connectivity index (χ2n) is 6.77. The van der Waals surface area contributed by atoms with Crippen molar-refractivity contribution in [2.45, 2.75) is 54.0 Å². The minimum Gasteiger partial charge on any atom is -0.304 e. The summed E-state index contributed by atoms with van der Waals surface area (Å²) in [7, 11) is 0. The molecule has 96 valence electrons. The van der Waals surface area contributed by atoms with Crippen LogP contribution in [0.25, 0.3) is 0 Å². The predicted octanol–water partition coefficient (Wildman–Crippen LogP) is 3.75. The fourth-order valence-corrected chi connectivity index (χ4v) is 3.15. The first-order valence-electron chi connectivity index (χ1n) is 6.34. The average molecular weight is 253 g/mol. The molecular weight excluding hydrogens is 230 g/mol. The van der Waals surface area contributed by atoms with Gasteiger partial charge in [0.15, 0.2) is 4.77 Å². The van der Waals surface area contributed by atoms with E-state index in [0.29, 0.717) is 22.7 Å². The molecule has 3 nitrogen and oxygen atoms in total. The van der Waals surface area contributed by atoms with Crippen LogP contribution in [0.1, 0.15) is 53.3 Å². The highest BCUT2D eigenvalue weighted by Gasteiger charge is 2.67. The van der Waals surface area contributed by atoms with Gasteiger partial charge in [0.25, 0.3) is 0 Å². The minimum atomic E-state index is 0.308. The molecule has 17 heavy (non-hydrogen) atoms. The molecule has 0 aliphatic heterocycles. The van der Waals surface area contributed by atoms with Gasteiger partial charge in [0.2, 0.25) is 0 Å². The highest BCUT2D eigenvalue weighted by molar-refractivity contribution is 7.71. The Kier molecular flexibility index (Phi) is 2.77. The summed E-state index contributed by atoms with van der Waals surface area (Å²) in [6, 6.07) is 0. The van der Waals surface area contributed by atoms with Crippen molar-refractivity contribution in [2.24, 2.45) is 16.7 Å². The van der Waals surface area contributed by atoms with Crippen LogP contribution >= 0.6 is 12.2 Å². The van der Waals surface area contributed by atoms with E-state index in [9.17, 15) is 0 Å². The zero-order valence-corrected chi connectivity index (χ0v) is 12.5. The van der Waals surface area contributed by atoms with Crippen molar-refractivity contribution in [2.75, 3.05) is 0 Å². The maximum absolute atomic E-state index is 5.33. The van der Waals surface area contributed by atoms with Crippen LogP contribution in [0.4, 0.5) is 0 Å². The number of nitrogens with one attached hydrogen (secondary N) is 1. The van der Waals surface area contributed by atoms with Gasteiger partial charge in [0.05, 0.1) is 0 Å². The molecule has 1 aliphatic carbocycles. The number of hydrogen-bond donors (Lipinski definition) is 1. The van der Waals surface area contributed by atoms with Crippen LogP contribution in [0.3, 0.4) is 0 Å². The molecule has 1 aromatic heterocycles. The third-order valence-electron chi connectivity index (χ3n) is 4.61. The van der Waals surface area contributed by atoms with Crippen molar-refractivity contribution in [1.29, 1.82) is 0 Å². The second kappa shape index (κ2) is 3.67. The molecule has 0 atom stereocenters. The lowest BCUT2D eigenvalue weighted by atomic mass is 10.0. The zero-order chi connectivity index (χ0) is 13.0. The number of aromatic nitrogens is 3. The first-order chi connectivity index (χ1) is 7.69. The molecule has 0 amide bonds. The third-order valence-corrected chi connectivity index (χ3v) is 4.93. The topological polar surface area (TPSA) is 33.6 Å². The Morgan fingerprint density at radius 1 is 1.29 bits per heavy atom. The van der Waals surface area contributed by atoms with Gasteiger partial charge in [-0.05, 0) is 29.0 Å². The minimum absolute atomic E-state index is 0.308. The standard InChI is InChI=1S/C13H23N3S/c1-8(2)7-16-10(14-15-11(16)17)9-12(3,4)13(9,5)6/h8-9H,7H2,1-6H3,(H,15,17). The number of H-pyrrole nitrogens is 1. The molecule has 1 saturated carbocycles. The quantitative estimate of drug-likeness (QED) is 0.832. The van der Waals surface area contributed by atoms with Crippen LogP contribution in [0.15, 0.2) is 0 Å². The number of aromatic amines is 1. The molecular formula is C13H23N3S. The van der Waals surface area contributed by atoms with Crippen molar-refractivity contribution >= 4 is 12.2 Å².